The summed E-state index contributed by atoms with van der Waals surface area (Å²) in [7, 11) is 0. The quantitative estimate of drug-likeness (QED) is 0.692. The minimum Gasteiger partial charge on any atom is -0.507 e. The number of nitrogens with zero attached hydrogens (tertiary/aromatic N) is 1. The number of amides is 1. The summed E-state index contributed by atoms with van der Waals surface area (Å²) in [5.41, 5.74) is 1.54. The number of nitrogens with one attached hydrogen (secondary N) is 2. The lowest BCUT2D eigenvalue weighted by atomic mass is 10.2. The van der Waals surface area contributed by atoms with Gasteiger partial charge in [0.15, 0.2) is 0 Å². The Bertz CT molecular complexity index is 829. The second kappa shape index (κ2) is 5.85. The summed E-state index contributed by atoms with van der Waals surface area (Å²) in [6, 6.07) is 10.7. The fourth-order valence-electron chi connectivity index (χ4n) is 2.21. The SMILES string of the molecule is O=C(NCCc1nc2ccc(F)cc2[nH]1)c1ccccc1O. The van der Waals surface area contributed by atoms with Gasteiger partial charge in [0.25, 0.3) is 5.91 Å². The van der Waals surface area contributed by atoms with Crippen LogP contribution in [0.2, 0.25) is 0 Å². The number of hydrogen-bond donors (Lipinski definition) is 3. The molecule has 0 spiro atoms. The number of rotatable bonds is 4. The zero-order valence-corrected chi connectivity index (χ0v) is 11.6. The molecule has 22 heavy (non-hydrogen) atoms. The third-order valence-corrected chi connectivity index (χ3v) is 3.29. The van der Waals surface area contributed by atoms with Crippen LogP contribution in [-0.4, -0.2) is 27.5 Å². The van der Waals surface area contributed by atoms with E-state index in [-0.39, 0.29) is 23.0 Å². The minimum absolute atomic E-state index is 0.0563. The molecule has 5 nitrogen and oxygen atoms in total. The lowest BCUT2D eigenvalue weighted by Crippen LogP contribution is -2.25. The van der Waals surface area contributed by atoms with Crippen molar-refractivity contribution in [2.75, 3.05) is 6.54 Å². The van der Waals surface area contributed by atoms with Crippen LogP contribution in [0.15, 0.2) is 42.5 Å². The van der Waals surface area contributed by atoms with Crippen LogP contribution in [0.5, 0.6) is 5.75 Å². The van der Waals surface area contributed by atoms with Crippen molar-refractivity contribution in [3.8, 4) is 5.75 Å². The van der Waals surface area contributed by atoms with E-state index >= 15 is 0 Å². The van der Waals surface area contributed by atoms with Crippen LogP contribution in [0, 0.1) is 5.82 Å². The van der Waals surface area contributed by atoms with Crippen molar-refractivity contribution < 1.29 is 14.3 Å². The highest BCUT2D eigenvalue weighted by molar-refractivity contribution is 5.96. The second-order valence-electron chi connectivity index (χ2n) is 4.87. The number of benzene rings is 2. The first-order valence-corrected chi connectivity index (χ1v) is 6.84. The molecular weight excluding hydrogens is 285 g/mol. The number of phenolic OH excluding ortho intramolecular Hbond substituents is 1. The number of aromatic hydroxyl groups is 1. The Morgan fingerprint density at radius 2 is 2.09 bits per heavy atom. The Balaban J connectivity index is 1.62. The van der Waals surface area contributed by atoms with E-state index in [0.29, 0.717) is 29.8 Å². The number of aromatic nitrogens is 2. The van der Waals surface area contributed by atoms with E-state index in [9.17, 15) is 14.3 Å². The monoisotopic (exact) mass is 299 g/mol. The maximum absolute atomic E-state index is 13.1. The first-order chi connectivity index (χ1) is 10.6. The molecule has 0 saturated heterocycles. The number of fused-ring (bicyclic) bond motifs is 1. The fourth-order valence-corrected chi connectivity index (χ4v) is 2.21. The maximum Gasteiger partial charge on any atom is 0.255 e. The Hall–Kier alpha value is -2.89. The highest BCUT2D eigenvalue weighted by Crippen LogP contribution is 2.15. The molecule has 0 fully saturated rings. The molecule has 0 saturated carbocycles. The summed E-state index contributed by atoms with van der Waals surface area (Å²) < 4.78 is 13.1. The summed E-state index contributed by atoms with van der Waals surface area (Å²) >= 11 is 0. The third kappa shape index (κ3) is 2.90. The number of aromatic amines is 1. The van der Waals surface area contributed by atoms with E-state index < -0.39 is 0 Å². The molecule has 3 N–H and O–H groups in total. The Labute approximate surface area is 125 Å². The van der Waals surface area contributed by atoms with Gasteiger partial charge in [0, 0.05) is 13.0 Å². The Kier molecular flexibility index (Phi) is 3.74. The van der Waals surface area contributed by atoms with Gasteiger partial charge >= 0.3 is 0 Å². The van der Waals surface area contributed by atoms with Crippen LogP contribution >= 0.6 is 0 Å². The van der Waals surface area contributed by atoms with Crippen molar-refractivity contribution in [2.24, 2.45) is 0 Å². The van der Waals surface area contributed by atoms with Crippen LogP contribution in [0.1, 0.15) is 16.2 Å². The first-order valence-electron chi connectivity index (χ1n) is 6.84. The number of para-hydroxylation sites is 1. The zero-order chi connectivity index (χ0) is 15.5. The molecule has 0 unspecified atom stereocenters. The highest BCUT2D eigenvalue weighted by atomic mass is 19.1. The number of halogens is 1. The van der Waals surface area contributed by atoms with Gasteiger partial charge in [0.05, 0.1) is 16.6 Å². The normalized spacial score (nSPS) is 10.8. The van der Waals surface area contributed by atoms with Crippen molar-refractivity contribution in [1.29, 1.82) is 0 Å². The van der Waals surface area contributed by atoms with Crippen molar-refractivity contribution in [3.05, 3.63) is 59.7 Å². The van der Waals surface area contributed by atoms with Crippen LogP contribution < -0.4 is 5.32 Å². The minimum atomic E-state index is -0.347. The van der Waals surface area contributed by atoms with Gasteiger partial charge in [0.2, 0.25) is 0 Å². The van der Waals surface area contributed by atoms with Crippen LogP contribution in [0.25, 0.3) is 11.0 Å². The van der Waals surface area contributed by atoms with E-state index in [0.717, 1.165) is 0 Å². The molecule has 3 aromatic rings. The molecule has 0 aliphatic rings. The van der Waals surface area contributed by atoms with E-state index in [2.05, 4.69) is 15.3 Å². The number of imidazole rings is 1. The van der Waals surface area contributed by atoms with Gasteiger partial charge in [-0.3, -0.25) is 4.79 Å². The molecule has 0 aliphatic carbocycles. The molecule has 0 atom stereocenters. The first kappa shape index (κ1) is 14.1. The molecule has 0 aliphatic heterocycles. The largest absolute Gasteiger partial charge is 0.507 e. The van der Waals surface area contributed by atoms with Crippen LogP contribution in [0.4, 0.5) is 4.39 Å². The number of hydrogen-bond acceptors (Lipinski definition) is 3. The predicted octanol–water partition coefficient (Wildman–Crippen LogP) is 2.38. The Morgan fingerprint density at radius 3 is 2.91 bits per heavy atom. The van der Waals surface area contributed by atoms with Gasteiger partial charge in [-0.15, -0.1) is 0 Å². The van der Waals surface area contributed by atoms with Gasteiger partial charge in [0.1, 0.15) is 17.4 Å². The molecule has 1 heterocycles. The van der Waals surface area contributed by atoms with E-state index in [4.69, 9.17) is 0 Å². The summed E-state index contributed by atoms with van der Waals surface area (Å²) in [4.78, 5) is 19.2. The smallest absolute Gasteiger partial charge is 0.255 e. The topological polar surface area (TPSA) is 78.0 Å². The average molecular weight is 299 g/mol. The summed E-state index contributed by atoms with van der Waals surface area (Å²) in [6.07, 6.45) is 0.482. The van der Waals surface area contributed by atoms with Gasteiger partial charge in [-0.25, -0.2) is 9.37 Å². The van der Waals surface area contributed by atoms with Crippen molar-refractivity contribution in [2.45, 2.75) is 6.42 Å². The van der Waals surface area contributed by atoms with Crippen LogP contribution in [0.3, 0.4) is 0 Å². The summed E-state index contributed by atoms with van der Waals surface area (Å²) in [5, 5.41) is 12.3. The van der Waals surface area contributed by atoms with Crippen molar-refractivity contribution in [3.63, 3.8) is 0 Å². The highest BCUT2D eigenvalue weighted by Gasteiger charge is 2.10. The fraction of sp³-hybridized carbons (Fsp3) is 0.125. The van der Waals surface area contributed by atoms with Crippen LogP contribution in [-0.2, 0) is 6.42 Å². The van der Waals surface area contributed by atoms with Crippen molar-refractivity contribution in [1.82, 2.24) is 15.3 Å². The second-order valence-corrected chi connectivity index (χ2v) is 4.87. The van der Waals surface area contributed by atoms with E-state index in [1.54, 1.807) is 24.3 Å². The molecule has 2 aromatic carbocycles. The number of phenols is 1. The standard InChI is InChI=1S/C16H14FN3O2/c17-10-5-6-12-13(9-10)20-15(19-12)7-8-18-16(22)11-3-1-2-4-14(11)21/h1-6,9,21H,7-8H2,(H,18,22)(H,19,20). The van der Waals surface area contributed by atoms with Crippen molar-refractivity contribution >= 4 is 16.9 Å². The molecule has 6 heteroatoms. The summed E-state index contributed by atoms with van der Waals surface area (Å²) in [6.45, 7) is 0.357. The molecule has 1 aromatic heterocycles. The molecular formula is C16H14FN3O2. The molecule has 112 valence electrons. The summed E-state index contributed by atoms with van der Waals surface area (Å²) in [5.74, 6) is -0.0618. The average Bonchev–Trinajstić information content (AvgIpc) is 2.89. The maximum atomic E-state index is 13.1. The predicted molar refractivity (Wildman–Crippen MR) is 80.2 cm³/mol. The molecule has 0 bridgehead atoms. The van der Waals surface area contributed by atoms with Gasteiger partial charge in [-0.2, -0.15) is 0 Å². The van der Waals surface area contributed by atoms with Gasteiger partial charge in [-0.05, 0) is 30.3 Å². The lowest BCUT2D eigenvalue weighted by molar-refractivity contribution is 0.0951. The van der Waals surface area contributed by atoms with E-state index in [1.807, 2.05) is 0 Å². The Morgan fingerprint density at radius 1 is 1.27 bits per heavy atom. The zero-order valence-electron chi connectivity index (χ0n) is 11.6. The van der Waals surface area contributed by atoms with Gasteiger partial charge in [-0.1, -0.05) is 12.1 Å². The van der Waals surface area contributed by atoms with Gasteiger partial charge < -0.3 is 15.4 Å². The number of H-pyrrole nitrogens is 1. The lowest BCUT2D eigenvalue weighted by Gasteiger charge is -2.05. The number of carbonyl (C=O) groups excluding carboxylic acids is 1. The third-order valence-electron chi connectivity index (χ3n) is 3.29. The molecule has 0 radical (unpaired) electrons. The molecule has 3 rings (SSSR count). The molecule has 1 amide bonds. The van der Waals surface area contributed by atoms with E-state index in [1.165, 1.54) is 18.2 Å². The number of carbonyl (C=O) groups is 1.